The Balaban J connectivity index is 5.22. The molecule has 5 atom stereocenters. The fourth-order valence-corrected chi connectivity index (χ4v) is 14.7. The van der Waals surface area contributed by atoms with Crippen LogP contribution in [0.25, 0.3) is 0 Å². The molecule has 0 heterocycles. The Morgan fingerprint density at radius 3 is 0.660 bits per heavy atom. The topological polar surface area (TPSA) is 237 Å². The number of phosphoric ester groups is 2. The molecule has 0 saturated heterocycles. The molecule has 0 aromatic heterocycles. The minimum Gasteiger partial charge on any atom is -0.462 e. The molecule has 0 amide bonds. The van der Waals surface area contributed by atoms with Gasteiger partial charge < -0.3 is 33.8 Å². The van der Waals surface area contributed by atoms with E-state index < -0.39 is 97.5 Å². The number of ether oxygens (including phenoxy) is 4. The lowest BCUT2D eigenvalue weighted by atomic mass is 10.0. The SMILES string of the molecule is CCCCCCCCCCCCCCCCCCCCCCCCC(=O)O[C@H](COC(=O)CCCCCCCCCCCCCCCCCCC)COP(=O)(O)OC[C@@H](O)COP(=O)(O)OC[C@@H](COC(=O)CCCCCCCCCCCCC)OC(=O)CCCCCCCCCCCCC(C)C. The highest BCUT2D eigenvalue weighted by atomic mass is 31.2. The molecule has 2 unspecified atom stereocenters. The molecular weight excluding hydrogens is 1340 g/mol. The third-order valence-electron chi connectivity index (χ3n) is 19.8. The zero-order chi connectivity index (χ0) is 75.5. The van der Waals surface area contributed by atoms with Crippen molar-refractivity contribution >= 4 is 39.5 Å². The highest BCUT2D eigenvalue weighted by molar-refractivity contribution is 7.47. The minimum absolute atomic E-state index is 0.107. The van der Waals surface area contributed by atoms with Gasteiger partial charge in [-0.1, -0.05) is 401 Å². The summed E-state index contributed by atoms with van der Waals surface area (Å²) in [5, 5.41) is 10.7. The number of carbonyl (C=O) groups is 4. The summed E-state index contributed by atoms with van der Waals surface area (Å²) in [5.74, 6) is -1.35. The maximum Gasteiger partial charge on any atom is 0.472 e. The fraction of sp³-hybridized carbons (Fsp3) is 0.952. The summed E-state index contributed by atoms with van der Waals surface area (Å²) in [5.41, 5.74) is 0. The number of unbranched alkanes of at least 4 members (excludes halogenated alkanes) is 56. The Morgan fingerprint density at radius 2 is 0.447 bits per heavy atom. The average Bonchev–Trinajstić information content (AvgIpc) is 0.923. The third-order valence-corrected chi connectivity index (χ3v) is 21.7. The lowest BCUT2D eigenvalue weighted by Crippen LogP contribution is -2.30. The second-order valence-corrected chi connectivity index (χ2v) is 33.6. The molecule has 612 valence electrons. The Bertz CT molecular complexity index is 1960. The van der Waals surface area contributed by atoms with Crippen molar-refractivity contribution in [2.45, 2.75) is 470 Å². The molecule has 0 aliphatic heterocycles. The molecule has 0 aliphatic rings. The van der Waals surface area contributed by atoms with E-state index in [1.54, 1.807) is 0 Å². The third kappa shape index (κ3) is 78.0. The van der Waals surface area contributed by atoms with Crippen LogP contribution in [0.15, 0.2) is 0 Å². The number of hydrogen-bond donors (Lipinski definition) is 3. The van der Waals surface area contributed by atoms with E-state index in [0.29, 0.717) is 25.7 Å². The number of carbonyl (C=O) groups excluding carboxylic acids is 4. The van der Waals surface area contributed by atoms with Gasteiger partial charge >= 0.3 is 39.5 Å². The van der Waals surface area contributed by atoms with Crippen LogP contribution in [0.2, 0.25) is 0 Å². The van der Waals surface area contributed by atoms with Crippen molar-refractivity contribution in [2.75, 3.05) is 39.6 Å². The van der Waals surface area contributed by atoms with Crippen molar-refractivity contribution < 1.29 is 80.2 Å². The zero-order valence-electron chi connectivity index (χ0n) is 67.5. The van der Waals surface area contributed by atoms with Crippen molar-refractivity contribution in [3.8, 4) is 0 Å². The Labute approximate surface area is 632 Å². The molecule has 19 heteroatoms. The summed E-state index contributed by atoms with van der Waals surface area (Å²) in [6.07, 6.45) is 69.5. The number of esters is 4. The predicted octanol–water partition coefficient (Wildman–Crippen LogP) is 25.6. The number of hydrogen-bond acceptors (Lipinski definition) is 15. The molecule has 0 aromatic rings. The Hall–Kier alpha value is -1.94. The summed E-state index contributed by atoms with van der Waals surface area (Å²) in [6, 6.07) is 0. The second kappa shape index (κ2) is 76.8. The van der Waals surface area contributed by atoms with Gasteiger partial charge in [-0.2, -0.15) is 0 Å². The van der Waals surface area contributed by atoms with Crippen LogP contribution in [0.4, 0.5) is 0 Å². The standard InChI is InChI=1S/C84H164O17P2/c1-6-9-12-15-18-21-24-26-28-30-31-32-33-34-36-38-40-43-49-54-59-64-69-83(88)100-79(74-95-82(87)68-63-58-53-48-42-39-37-35-29-27-25-22-19-16-13-10-7-2)75-98-102(90,91)96-71-78(85)72-97-103(92,93)99-76-80(73-94-81(86)67-62-57-52-47-41-23-20-17-14-11-8-3)101-84(89)70-65-60-55-50-45-44-46-51-56-61-66-77(4)5/h77-80,85H,6-76H2,1-5H3,(H,90,91)(H,92,93)/t78-,79-,80-/m1/s1. The van der Waals surface area contributed by atoms with Crippen molar-refractivity contribution in [2.24, 2.45) is 5.92 Å². The van der Waals surface area contributed by atoms with E-state index in [1.165, 1.54) is 276 Å². The molecule has 17 nitrogen and oxygen atoms in total. The molecule has 0 rings (SSSR count). The number of aliphatic hydroxyl groups is 1. The Morgan fingerprint density at radius 1 is 0.262 bits per heavy atom. The first-order chi connectivity index (χ1) is 50.0. The number of phosphoric acid groups is 2. The van der Waals surface area contributed by atoms with E-state index in [4.69, 9.17) is 37.0 Å². The van der Waals surface area contributed by atoms with Gasteiger partial charge in [-0.05, 0) is 31.6 Å². The molecule has 0 saturated carbocycles. The first-order valence-corrected chi connectivity index (χ1v) is 46.6. The lowest BCUT2D eigenvalue weighted by molar-refractivity contribution is -0.161. The van der Waals surface area contributed by atoms with Crippen LogP contribution in [0.1, 0.15) is 452 Å². The summed E-state index contributed by atoms with van der Waals surface area (Å²) in [4.78, 5) is 73.1. The maximum atomic E-state index is 13.1. The van der Waals surface area contributed by atoms with Gasteiger partial charge in [-0.25, -0.2) is 9.13 Å². The van der Waals surface area contributed by atoms with Crippen LogP contribution in [-0.2, 0) is 65.4 Å². The van der Waals surface area contributed by atoms with Gasteiger partial charge in [0.1, 0.15) is 19.3 Å². The average molecular weight is 1510 g/mol. The molecule has 0 spiro atoms. The van der Waals surface area contributed by atoms with E-state index in [9.17, 15) is 43.2 Å². The first-order valence-electron chi connectivity index (χ1n) is 43.6. The molecule has 3 N–H and O–H groups in total. The van der Waals surface area contributed by atoms with Gasteiger partial charge in [0.05, 0.1) is 26.4 Å². The van der Waals surface area contributed by atoms with Crippen molar-refractivity contribution in [1.29, 1.82) is 0 Å². The van der Waals surface area contributed by atoms with Crippen LogP contribution in [-0.4, -0.2) is 96.7 Å². The minimum atomic E-state index is -4.96. The van der Waals surface area contributed by atoms with Crippen molar-refractivity contribution in [3.05, 3.63) is 0 Å². The lowest BCUT2D eigenvalue weighted by Gasteiger charge is -2.21. The van der Waals surface area contributed by atoms with E-state index in [1.807, 2.05) is 0 Å². The van der Waals surface area contributed by atoms with Crippen LogP contribution in [0, 0.1) is 5.92 Å². The number of aliphatic hydroxyl groups excluding tert-OH is 1. The predicted molar refractivity (Wildman–Crippen MR) is 423 cm³/mol. The zero-order valence-corrected chi connectivity index (χ0v) is 69.3. The smallest absolute Gasteiger partial charge is 0.462 e. The van der Waals surface area contributed by atoms with Crippen molar-refractivity contribution in [3.63, 3.8) is 0 Å². The van der Waals surface area contributed by atoms with Crippen LogP contribution >= 0.6 is 15.6 Å². The van der Waals surface area contributed by atoms with E-state index in [2.05, 4.69) is 34.6 Å². The highest BCUT2D eigenvalue weighted by Crippen LogP contribution is 2.45. The Kier molecular flexibility index (Phi) is 75.4. The monoisotopic (exact) mass is 1510 g/mol. The van der Waals surface area contributed by atoms with Crippen LogP contribution in [0.5, 0.6) is 0 Å². The second-order valence-electron chi connectivity index (χ2n) is 30.7. The van der Waals surface area contributed by atoms with Gasteiger partial charge in [0.25, 0.3) is 0 Å². The summed E-state index contributed by atoms with van der Waals surface area (Å²) < 4.78 is 68.8. The normalized spacial score (nSPS) is 13.8. The quantitative estimate of drug-likeness (QED) is 0.0222. The molecule has 0 aromatic carbocycles. The van der Waals surface area contributed by atoms with Crippen LogP contribution in [0.3, 0.4) is 0 Å². The molecule has 0 bridgehead atoms. The van der Waals surface area contributed by atoms with Crippen molar-refractivity contribution in [1.82, 2.24) is 0 Å². The fourth-order valence-electron chi connectivity index (χ4n) is 13.1. The molecule has 0 fully saturated rings. The summed E-state index contributed by atoms with van der Waals surface area (Å²) in [7, 11) is -9.92. The van der Waals surface area contributed by atoms with Crippen LogP contribution < -0.4 is 0 Å². The summed E-state index contributed by atoms with van der Waals surface area (Å²) >= 11 is 0. The summed E-state index contributed by atoms with van der Waals surface area (Å²) in [6.45, 7) is 7.33. The molecule has 0 radical (unpaired) electrons. The van der Waals surface area contributed by atoms with Gasteiger partial charge in [-0.3, -0.25) is 37.3 Å². The molecule has 0 aliphatic carbocycles. The van der Waals surface area contributed by atoms with E-state index in [0.717, 1.165) is 95.8 Å². The largest absolute Gasteiger partial charge is 0.472 e. The number of rotatable bonds is 84. The molecular formula is C84H164O17P2. The first kappa shape index (κ1) is 101. The maximum absolute atomic E-state index is 13.1. The van der Waals surface area contributed by atoms with E-state index >= 15 is 0 Å². The highest BCUT2D eigenvalue weighted by Gasteiger charge is 2.30. The van der Waals surface area contributed by atoms with E-state index in [-0.39, 0.29) is 25.7 Å². The van der Waals surface area contributed by atoms with Gasteiger partial charge in [0, 0.05) is 25.7 Å². The van der Waals surface area contributed by atoms with Gasteiger partial charge in [-0.15, -0.1) is 0 Å². The molecule has 103 heavy (non-hydrogen) atoms. The van der Waals surface area contributed by atoms with Gasteiger partial charge in [0.15, 0.2) is 12.2 Å². The van der Waals surface area contributed by atoms with Gasteiger partial charge in [0.2, 0.25) is 0 Å².